The highest BCUT2D eigenvalue weighted by Gasteiger charge is 2.36. The number of hydrogen-bond acceptors (Lipinski definition) is 14. The molecule has 0 aliphatic carbocycles. The second kappa shape index (κ2) is 16.7. The normalized spacial score (nSPS) is 22.1. The van der Waals surface area contributed by atoms with Crippen molar-refractivity contribution in [2.24, 2.45) is 18.7 Å². The molecule has 5 amide bonds. The van der Waals surface area contributed by atoms with Gasteiger partial charge >= 0.3 is 6.03 Å². The van der Waals surface area contributed by atoms with Crippen LogP contribution in [0.15, 0.2) is 30.3 Å². The van der Waals surface area contributed by atoms with Gasteiger partial charge in [0.2, 0.25) is 17.8 Å². The van der Waals surface area contributed by atoms with Gasteiger partial charge in [0, 0.05) is 104 Å². The molecule has 1 aromatic carbocycles. The number of amides is 5. The maximum absolute atomic E-state index is 15.8. The lowest BCUT2D eigenvalue weighted by molar-refractivity contribution is -0.134. The van der Waals surface area contributed by atoms with Crippen LogP contribution in [0.1, 0.15) is 60.6 Å². The zero-order valence-electron chi connectivity index (χ0n) is 34.6. The largest absolute Gasteiger partial charge is 0.367 e. The number of piperidine rings is 3. The van der Waals surface area contributed by atoms with Crippen LogP contribution in [0.2, 0.25) is 0 Å². The van der Waals surface area contributed by atoms with Crippen LogP contribution in [-0.2, 0) is 16.6 Å². The van der Waals surface area contributed by atoms with Crippen LogP contribution in [0.5, 0.6) is 0 Å². The highest BCUT2D eigenvalue weighted by molar-refractivity contribution is 6.02. The van der Waals surface area contributed by atoms with Crippen LogP contribution in [0.25, 0.3) is 11.0 Å². The number of imide groups is 1. The molecule has 5 aliphatic heterocycles. The van der Waals surface area contributed by atoms with Crippen molar-refractivity contribution in [3.05, 3.63) is 47.5 Å². The van der Waals surface area contributed by atoms with E-state index >= 15 is 4.39 Å². The van der Waals surface area contributed by atoms with Gasteiger partial charge in [-0.1, -0.05) is 0 Å². The summed E-state index contributed by atoms with van der Waals surface area (Å²) in [6.07, 6.45) is 4.53. The molecule has 20 heteroatoms. The summed E-state index contributed by atoms with van der Waals surface area (Å²) in [6, 6.07) is 8.93. The number of likely N-dealkylation sites (N-methyl/N-ethyl adjacent to an activating group) is 1. The number of urea groups is 1. The van der Waals surface area contributed by atoms with Crippen molar-refractivity contribution in [3.63, 3.8) is 0 Å². The maximum Gasteiger partial charge on any atom is 0.320 e. The molecule has 4 aromatic rings. The van der Waals surface area contributed by atoms with E-state index in [9.17, 15) is 19.2 Å². The molecular formula is C41H52FN15O4. The number of nitrogens with one attached hydrogen (secondary N) is 2. The van der Waals surface area contributed by atoms with Crippen LogP contribution >= 0.6 is 0 Å². The number of aromatic nitrogens is 6. The molecule has 1 unspecified atom stereocenters. The number of anilines is 5. The number of carbonyl (C=O) groups excluding carboxylic acids is 4. The zero-order valence-corrected chi connectivity index (χ0v) is 34.6. The Balaban J connectivity index is 0.774. The highest BCUT2D eigenvalue weighted by atomic mass is 19.1. The third kappa shape index (κ3) is 8.19. The molecule has 5 fully saturated rings. The maximum atomic E-state index is 15.8. The van der Waals surface area contributed by atoms with Crippen LogP contribution in [-0.4, -0.2) is 153 Å². The molecule has 0 bridgehead atoms. The molecule has 0 saturated carbocycles. The fourth-order valence-corrected chi connectivity index (χ4v) is 9.50. The third-order valence-electron chi connectivity index (χ3n) is 12.9. The highest BCUT2D eigenvalue weighted by Crippen LogP contribution is 2.33. The molecule has 5 saturated heterocycles. The lowest BCUT2D eigenvalue weighted by Gasteiger charge is -2.40. The van der Waals surface area contributed by atoms with Crippen molar-refractivity contribution < 1.29 is 23.6 Å². The first-order valence-corrected chi connectivity index (χ1v) is 21.3. The van der Waals surface area contributed by atoms with Crippen molar-refractivity contribution in [2.45, 2.75) is 50.5 Å². The van der Waals surface area contributed by atoms with Gasteiger partial charge < -0.3 is 35.6 Å². The van der Waals surface area contributed by atoms with Gasteiger partial charge in [-0.2, -0.15) is 10.1 Å². The van der Waals surface area contributed by atoms with E-state index < -0.39 is 17.6 Å². The van der Waals surface area contributed by atoms with Crippen molar-refractivity contribution in [3.8, 4) is 0 Å². The summed E-state index contributed by atoms with van der Waals surface area (Å²) < 4.78 is 17.5. The van der Waals surface area contributed by atoms with Crippen LogP contribution in [0.4, 0.5) is 38.1 Å². The molecule has 322 valence electrons. The first-order valence-electron chi connectivity index (χ1n) is 21.3. The van der Waals surface area contributed by atoms with Crippen molar-refractivity contribution in [1.29, 1.82) is 0 Å². The summed E-state index contributed by atoms with van der Waals surface area (Å²) in [4.78, 5) is 71.2. The SMILES string of the molecule is CN1CCN([C@@H]2CCCN(c3nnc(C(N)=O)c(Nc4ccc(N5CCN(CC6CCN(c7ccc8c(C9CCC(=O)NC9=O)nn(C)c8n7)CC6)CC5)c(F)c4)n3)C2)C1=O. The Kier molecular flexibility index (Phi) is 11.0. The number of pyridine rings is 1. The number of carbonyl (C=O) groups is 4. The summed E-state index contributed by atoms with van der Waals surface area (Å²) in [5.41, 5.74) is 7.79. The quantitative estimate of drug-likeness (QED) is 0.196. The minimum Gasteiger partial charge on any atom is -0.367 e. The third-order valence-corrected chi connectivity index (χ3v) is 12.9. The minimum absolute atomic E-state index is 0.00860. The molecular weight excluding hydrogens is 786 g/mol. The summed E-state index contributed by atoms with van der Waals surface area (Å²) in [6.45, 7) is 8.36. The van der Waals surface area contributed by atoms with Crippen molar-refractivity contribution in [1.82, 2.24) is 50.0 Å². The Morgan fingerprint density at radius 3 is 2.41 bits per heavy atom. The number of hydrogen-bond donors (Lipinski definition) is 3. The number of rotatable bonds is 10. The van der Waals surface area contributed by atoms with Gasteiger partial charge in [0.1, 0.15) is 11.6 Å². The Bertz CT molecular complexity index is 2340. The van der Waals surface area contributed by atoms with Gasteiger partial charge in [-0.3, -0.25) is 29.3 Å². The number of primary amides is 1. The average molecular weight is 838 g/mol. The number of fused-ring (bicyclic) bond motifs is 1. The van der Waals surface area contributed by atoms with Crippen LogP contribution in [0, 0.1) is 11.7 Å². The molecule has 0 spiro atoms. The van der Waals surface area contributed by atoms with E-state index in [1.165, 1.54) is 6.07 Å². The fourth-order valence-electron chi connectivity index (χ4n) is 9.50. The smallest absolute Gasteiger partial charge is 0.320 e. The van der Waals surface area contributed by atoms with E-state index in [1.54, 1.807) is 28.8 Å². The molecule has 8 heterocycles. The van der Waals surface area contributed by atoms with E-state index in [0.29, 0.717) is 81.0 Å². The van der Waals surface area contributed by atoms with E-state index in [2.05, 4.69) is 45.6 Å². The number of nitrogens with two attached hydrogens (primary N) is 1. The Morgan fingerprint density at radius 2 is 1.69 bits per heavy atom. The molecule has 4 N–H and O–H groups in total. The molecule has 9 rings (SSSR count). The predicted octanol–water partition coefficient (Wildman–Crippen LogP) is 2.03. The monoisotopic (exact) mass is 837 g/mol. The zero-order chi connectivity index (χ0) is 42.4. The van der Waals surface area contributed by atoms with Gasteiger partial charge in [-0.25, -0.2) is 14.2 Å². The Morgan fingerprint density at radius 1 is 0.885 bits per heavy atom. The van der Waals surface area contributed by atoms with Gasteiger partial charge in [0.25, 0.3) is 5.91 Å². The lowest BCUT2D eigenvalue weighted by Crippen LogP contribution is -2.49. The number of nitrogens with zero attached hydrogens (tertiary/aromatic N) is 12. The number of benzene rings is 1. The van der Waals surface area contributed by atoms with Gasteiger partial charge in [-0.05, 0) is 68.4 Å². The number of halogens is 1. The summed E-state index contributed by atoms with van der Waals surface area (Å²) in [5.74, 6) is -0.376. The van der Waals surface area contributed by atoms with Crippen molar-refractivity contribution >= 4 is 63.7 Å². The molecule has 2 atom stereocenters. The Hall–Kier alpha value is -6.18. The standard InChI is InChI=1S/C41H52FN15O4/c1-51-16-21-57(41(51)61)27-4-3-13-56(24-27)40-47-37(35(36(43)59)48-49-40)44-26-5-8-31(30(42)22-26)54-19-17-53(18-20-54)23-25-11-14-55(15-12-25)32-9-6-28-34(50-52(2)38(28)45-32)29-7-10-33(58)46-39(29)60/h5-6,8-9,22,25,27,29H,3-4,7,10-21,23-24H2,1-2H3,(H2,43,59)(H,44,47,49)(H,46,58,60)/t27-,29?/m1/s1. The molecule has 19 nitrogen and oxygen atoms in total. The van der Waals surface area contributed by atoms with Crippen LogP contribution < -0.4 is 31.1 Å². The fraction of sp³-hybridized carbons (Fsp3) is 0.537. The van der Waals surface area contributed by atoms with Crippen LogP contribution in [0.3, 0.4) is 0 Å². The first kappa shape index (κ1) is 40.2. The van der Waals surface area contributed by atoms with E-state index in [0.717, 1.165) is 75.3 Å². The molecule has 5 aliphatic rings. The van der Waals surface area contributed by atoms with Gasteiger partial charge in [-0.15, -0.1) is 10.2 Å². The van der Waals surface area contributed by atoms with E-state index in [4.69, 9.17) is 10.7 Å². The molecule has 3 aromatic heterocycles. The predicted molar refractivity (Wildman–Crippen MR) is 225 cm³/mol. The minimum atomic E-state index is -0.806. The lowest BCUT2D eigenvalue weighted by atomic mass is 9.93. The number of piperazine rings is 1. The summed E-state index contributed by atoms with van der Waals surface area (Å²) in [5, 5.41) is 19.3. The Labute approximate surface area is 352 Å². The second-order valence-corrected chi connectivity index (χ2v) is 16.9. The molecule has 0 radical (unpaired) electrons. The van der Waals surface area contributed by atoms with E-state index in [-0.39, 0.29) is 35.4 Å². The first-order chi connectivity index (χ1) is 29.5. The van der Waals surface area contributed by atoms with Crippen molar-refractivity contribution in [2.75, 3.05) is 99.1 Å². The molecule has 61 heavy (non-hydrogen) atoms. The van der Waals surface area contributed by atoms with Gasteiger partial charge in [0.05, 0.1) is 23.3 Å². The topological polar surface area (TPSA) is 207 Å². The van der Waals surface area contributed by atoms with E-state index in [1.807, 2.05) is 29.0 Å². The second-order valence-electron chi connectivity index (χ2n) is 16.9. The number of aryl methyl sites for hydroxylation is 1. The average Bonchev–Trinajstić information content (AvgIpc) is 3.77. The van der Waals surface area contributed by atoms with Gasteiger partial charge in [0.15, 0.2) is 17.2 Å². The summed E-state index contributed by atoms with van der Waals surface area (Å²) >= 11 is 0. The summed E-state index contributed by atoms with van der Waals surface area (Å²) in [7, 11) is 3.64.